The number of rotatable bonds is 4. The summed E-state index contributed by atoms with van der Waals surface area (Å²) >= 11 is 11.7. The Balaban J connectivity index is 2.08. The molecule has 1 aliphatic carbocycles. The Morgan fingerprint density at radius 2 is 1.71 bits per heavy atom. The molecule has 0 amide bonds. The van der Waals surface area contributed by atoms with Crippen molar-refractivity contribution in [1.29, 1.82) is 0 Å². The van der Waals surface area contributed by atoms with Gasteiger partial charge in [-0.15, -0.1) is 0 Å². The molecule has 2 aromatic carbocycles. The van der Waals surface area contributed by atoms with Crippen molar-refractivity contribution in [1.82, 2.24) is 0 Å². The van der Waals surface area contributed by atoms with Crippen molar-refractivity contribution < 1.29 is 18.3 Å². The summed E-state index contributed by atoms with van der Waals surface area (Å²) in [5, 5.41) is 8.99. The van der Waals surface area contributed by atoms with Crippen LogP contribution in [0.25, 0.3) is 0 Å². The van der Waals surface area contributed by atoms with Gasteiger partial charge in [-0.05, 0) is 42.0 Å². The second-order valence-electron chi connectivity index (χ2n) is 5.69. The molecule has 0 saturated heterocycles. The minimum absolute atomic E-state index is 0.0162. The lowest BCUT2D eigenvalue weighted by molar-refractivity contribution is -0.139. The summed E-state index contributed by atoms with van der Waals surface area (Å²) in [6.07, 6.45) is 0. The van der Waals surface area contributed by atoms with E-state index >= 15 is 0 Å². The van der Waals surface area contributed by atoms with Gasteiger partial charge in [-0.25, -0.2) is 8.42 Å². The van der Waals surface area contributed by atoms with Crippen LogP contribution in [0.15, 0.2) is 53.4 Å². The SMILES string of the molecule is N[C@@]1(C(=O)O)[C@H](S(=O)(=O)c2ccc(Cl)cc2)[C@@H]1c1cccc(Cl)c1. The van der Waals surface area contributed by atoms with Gasteiger partial charge in [-0.2, -0.15) is 0 Å². The lowest BCUT2D eigenvalue weighted by Crippen LogP contribution is -2.39. The second-order valence-corrected chi connectivity index (χ2v) is 8.63. The molecule has 3 atom stereocenters. The van der Waals surface area contributed by atoms with Gasteiger partial charge in [-0.1, -0.05) is 35.3 Å². The Morgan fingerprint density at radius 3 is 2.25 bits per heavy atom. The average molecular weight is 386 g/mol. The average Bonchev–Trinajstić information content (AvgIpc) is 3.17. The van der Waals surface area contributed by atoms with E-state index in [4.69, 9.17) is 28.9 Å². The lowest BCUT2D eigenvalue weighted by Gasteiger charge is -2.07. The summed E-state index contributed by atoms with van der Waals surface area (Å²) in [6, 6.07) is 12.0. The minimum Gasteiger partial charge on any atom is -0.480 e. The lowest BCUT2D eigenvalue weighted by atomic mass is 10.1. The van der Waals surface area contributed by atoms with E-state index < -0.39 is 32.5 Å². The van der Waals surface area contributed by atoms with Crippen LogP contribution in [0.2, 0.25) is 10.0 Å². The molecule has 0 unspecified atom stereocenters. The van der Waals surface area contributed by atoms with Crippen molar-refractivity contribution in [3.05, 3.63) is 64.1 Å². The highest BCUT2D eigenvalue weighted by molar-refractivity contribution is 7.92. The third kappa shape index (κ3) is 2.59. The third-order valence-electron chi connectivity index (χ3n) is 4.23. The predicted molar refractivity (Wildman–Crippen MR) is 91.2 cm³/mol. The molecule has 1 fully saturated rings. The van der Waals surface area contributed by atoms with Gasteiger partial charge in [0.2, 0.25) is 0 Å². The molecule has 0 aliphatic heterocycles. The maximum atomic E-state index is 12.9. The van der Waals surface area contributed by atoms with E-state index in [-0.39, 0.29) is 4.90 Å². The minimum atomic E-state index is -3.95. The van der Waals surface area contributed by atoms with Gasteiger partial charge < -0.3 is 10.8 Å². The molecule has 0 spiro atoms. The summed E-state index contributed by atoms with van der Waals surface area (Å²) in [5.41, 5.74) is 4.55. The fraction of sp³-hybridized carbons (Fsp3) is 0.188. The fourth-order valence-corrected chi connectivity index (χ4v) is 5.54. The molecule has 5 nitrogen and oxygen atoms in total. The zero-order valence-electron chi connectivity index (χ0n) is 12.2. The normalized spacial score (nSPS) is 26.1. The largest absolute Gasteiger partial charge is 0.480 e. The highest BCUT2D eigenvalue weighted by Crippen LogP contribution is 2.56. The van der Waals surface area contributed by atoms with Gasteiger partial charge in [0.25, 0.3) is 0 Å². The summed E-state index contributed by atoms with van der Waals surface area (Å²) in [6.45, 7) is 0. The van der Waals surface area contributed by atoms with E-state index in [2.05, 4.69) is 0 Å². The van der Waals surface area contributed by atoms with E-state index in [0.29, 0.717) is 15.6 Å². The topological polar surface area (TPSA) is 97.5 Å². The number of carboxylic acid groups (broad SMARTS) is 1. The number of carboxylic acids is 1. The Bertz CT molecular complexity index is 914. The summed E-state index contributed by atoms with van der Waals surface area (Å²) in [5.74, 6) is -2.25. The summed E-state index contributed by atoms with van der Waals surface area (Å²) in [7, 11) is -3.95. The second kappa shape index (κ2) is 5.74. The van der Waals surface area contributed by atoms with Gasteiger partial charge in [0.05, 0.1) is 4.90 Å². The molecule has 0 heterocycles. The first-order valence-corrected chi connectivity index (χ1v) is 9.26. The van der Waals surface area contributed by atoms with E-state index in [1.807, 2.05) is 0 Å². The van der Waals surface area contributed by atoms with Crippen molar-refractivity contribution >= 4 is 39.0 Å². The monoisotopic (exact) mass is 385 g/mol. The van der Waals surface area contributed by atoms with Crippen LogP contribution in [-0.4, -0.2) is 30.3 Å². The number of aliphatic carboxylic acids is 1. The van der Waals surface area contributed by atoms with Crippen molar-refractivity contribution in [3.8, 4) is 0 Å². The van der Waals surface area contributed by atoms with Crippen LogP contribution in [0.3, 0.4) is 0 Å². The molecule has 0 aromatic heterocycles. The number of hydrogen-bond donors (Lipinski definition) is 2. The number of nitrogens with two attached hydrogens (primary N) is 1. The first kappa shape index (κ1) is 17.2. The summed E-state index contributed by atoms with van der Waals surface area (Å²) < 4.78 is 25.8. The van der Waals surface area contributed by atoms with Gasteiger partial charge >= 0.3 is 5.97 Å². The first-order chi connectivity index (χ1) is 11.2. The highest BCUT2D eigenvalue weighted by atomic mass is 35.5. The molecule has 8 heteroatoms. The molecule has 126 valence electrons. The van der Waals surface area contributed by atoms with Gasteiger partial charge in [0, 0.05) is 16.0 Å². The Morgan fingerprint density at radius 1 is 1.08 bits per heavy atom. The number of carbonyl (C=O) groups is 1. The van der Waals surface area contributed by atoms with E-state index in [0.717, 1.165) is 0 Å². The molecule has 3 rings (SSSR count). The molecular formula is C16H13Cl2NO4S. The number of halogens is 2. The van der Waals surface area contributed by atoms with E-state index in [1.54, 1.807) is 18.2 Å². The molecule has 0 radical (unpaired) electrons. The van der Waals surface area contributed by atoms with Gasteiger partial charge in [-0.3, -0.25) is 4.79 Å². The van der Waals surface area contributed by atoms with E-state index in [1.165, 1.54) is 30.3 Å². The maximum absolute atomic E-state index is 12.9. The van der Waals surface area contributed by atoms with Crippen molar-refractivity contribution in [3.63, 3.8) is 0 Å². The predicted octanol–water partition coefficient (Wildman–Crippen LogP) is 2.72. The van der Waals surface area contributed by atoms with Crippen molar-refractivity contribution in [2.24, 2.45) is 5.73 Å². The van der Waals surface area contributed by atoms with Crippen LogP contribution in [-0.2, 0) is 14.6 Å². The van der Waals surface area contributed by atoms with Crippen molar-refractivity contribution in [2.75, 3.05) is 0 Å². The van der Waals surface area contributed by atoms with Crippen molar-refractivity contribution in [2.45, 2.75) is 21.6 Å². The molecule has 0 bridgehead atoms. The van der Waals surface area contributed by atoms with Crippen LogP contribution < -0.4 is 5.73 Å². The maximum Gasteiger partial charge on any atom is 0.325 e. The quantitative estimate of drug-likeness (QED) is 0.842. The van der Waals surface area contributed by atoms with Crippen LogP contribution in [0.5, 0.6) is 0 Å². The third-order valence-corrected chi connectivity index (χ3v) is 6.98. The molecule has 1 aliphatic rings. The molecular weight excluding hydrogens is 373 g/mol. The molecule has 24 heavy (non-hydrogen) atoms. The Hall–Kier alpha value is -1.60. The number of sulfone groups is 1. The molecule has 2 aromatic rings. The smallest absolute Gasteiger partial charge is 0.325 e. The first-order valence-electron chi connectivity index (χ1n) is 6.96. The summed E-state index contributed by atoms with van der Waals surface area (Å²) in [4.78, 5) is 11.6. The number of benzene rings is 2. The van der Waals surface area contributed by atoms with Gasteiger partial charge in [0.1, 0.15) is 10.8 Å². The van der Waals surface area contributed by atoms with E-state index in [9.17, 15) is 18.3 Å². The Labute approximate surface area is 148 Å². The van der Waals surface area contributed by atoms with Crippen LogP contribution in [0.4, 0.5) is 0 Å². The zero-order chi connectivity index (χ0) is 17.7. The fourth-order valence-electron chi connectivity index (χ4n) is 2.99. The highest BCUT2D eigenvalue weighted by Gasteiger charge is 2.74. The van der Waals surface area contributed by atoms with Crippen LogP contribution in [0, 0.1) is 0 Å². The Kier molecular flexibility index (Phi) is 4.12. The zero-order valence-corrected chi connectivity index (χ0v) is 14.5. The standard InChI is InChI=1S/C16H13Cl2NO4S/c17-10-4-6-12(7-5-10)24(22,23)14-13(16(14,19)15(20)21)9-2-1-3-11(18)8-9/h1-8,13-14H,19H2,(H,20,21)/t13-,14+,16+/m0/s1. The number of hydrogen-bond acceptors (Lipinski definition) is 4. The van der Waals surface area contributed by atoms with Gasteiger partial charge in [0.15, 0.2) is 9.84 Å². The van der Waals surface area contributed by atoms with Crippen LogP contribution >= 0.6 is 23.2 Å². The molecule has 1 saturated carbocycles. The van der Waals surface area contributed by atoms with Crippen LogP contribution in [0.1, 0.15) is 11.5 Å². The molecule has 3 N–H and O–H groups in total.